The van der Waals surface area contributed by atoms with E-state index in [0.29, 0.717) is 58.7 Å². The molecule has 0 aromatic rings. The lowest BCUT2D eigenvalue weighted by Crippen LogP contribution is -2.27. The molecule has 0 spiro atoms. The molecule has 6 nitrogen and oxygen atoms in total. The molecule has 0 saturated heterocycles. The van der Waals surface area contributed by atoms with Crippen LogP contribution in [0, 0.1) is 0 Å². The monoisotopic (exact) mass is 291 g/mol. The smallest absolute Gasteiger partial charge is 0.308 e. The molecule has 0 aromatic carbocycles. The highest BCUT2D eigenvalue weighted by molar-refractivity contribution is 5.69. The molecule has 0 amide bonds. The summed E-state index contributed by atoms with van der Waals surface area (Å²) in [5, 5.41) is 3.27. The fraction of sp³-hybridized carbons (Fsp3) is 0.929. The van der Waals surface area contributed by atoms with E-state index in [1.165, 1.54) is 0 Å². The van der Waals surface area contributed by atoms with E-state index in [4.69, 9.17) is 18.9 Å². The van der Waals surface area contributed by atoms with Gasteiger partial charge in [0.1, 0.15) is 0 Å². The molecule has 0 aromatic heterocycles. The van der Waals surface area contributed by atoms with Crippen molar-refractivity contribution in [1.29, 1.82) is 0 Å². The quantitative estimate of drug-likeness (QED) is 0.380. The Labute approximate surface area is 122 Å². The van der Waals surface area contributed by atoms with Crippen LogP contribution >= 0.6 is 0 Å². The van der Waals surface area contributed by atoms with E-state index < -0.39 is 0 Å². The first-order valence-electron chi connectivity index (χ1n) is 7.29. The van der Waals surface area contributed by atoms with Crippen LogP contribution in [0.5, 0.6) is 0 Å². The van der Waals surface area contributed by atoms with Crippen molar-refractivity contribution in [2.24, 2.45) is 0 Å². The topological polar surface area (TPSA) is 66.0 Å². The molecule has 0 unspecified atom stereocenters. The lowest BCUT2D eigenvalue weighted by molar-refractivity contribution is -0.144. The average Bonchev–Trinajstić information content (AvgIpc) is 2.40. The molecule has 0 atom stereocenters. The minimum Gasteiger partial charge on any atom is -0.466 e. The van der Waals surface area contributed by atoms with E-state index >= 15 is 0 Å². The maximum Gasteiger partial charge on any atom is 0.308 e. The lowest BCUT2D eigenvalue weighted by atomic mass is 10.4. The summed E-state index contributed by atoms with van der Waals surface area (Å²) in [4.78, 5) is 11.0. The zero-order valence-corrected chi connectivity index (χ0v) is 13.0. The summed E-state index contributed by atoms with van der Waals surface area (Å²) in [6, 6.07) is 0.488. The average molecular weight is 291 g/mol. The fourth-order valence-corrected chi connectivity index (χ4v) is 1.35. The molecule has 0 aliphatic heterocycles. The van der Waals surface area contributed by atoms with Crippen LogP contribution in [0.3, 0.4) is 0 Å². The van der Waals surface area contributed by atoms with Crippen LogP contribution < -0.4 is 5.32 Å². The molecule has 0 saturated carbocycles. The molecule has 0 heterocycles. The summed E-state index contributed by atoms with van der Waals surface area (Å²) in [7, 11) is 0. The van der Waals surface area contributed by atoms with Gasteiger partial charge in [0.2, 0.25) is 0 Å². The van der Waals surface area contributed by atoms with Gasteiger partial charge in [0.15, 0.2) is 0 Å². The zero-order valence-electron chi connectivity index (χ0n) is 13.0. The second kappa shape index (κ2) is 14.7. The second-order valence-corrected chi connectivity index (χ2v) is 4.50. The van der Waals surface area contributed by atoms with Gasteiger partial charge in [0.25, 0.3) is 0 Å². The Morgan fingerprint density at radius 3 is 2.05 bits per heavy atom. The van der Waals surface area contributed by atoms with Gasteiger partial charge in [-0.15, -0.1) is 0 Å². The normalized spacial score (nSPS) is 11.0. The van der Waals surface area contributed by atoms with Crippen LogP contribution in [0.25, 0.3) is 0 Å². The predicted molar refractivity (Wildman–Crippen MR) is 76.8 cm³/mol. The van der Waals surface area contributed by atoms with E-state index in [0.717, 1.165) is 6.54 Å². The Hall–Kier alpha value is -0.690. The number of esters is 1. The minimum absolute atomic E-state index is 0.225. The van der Waals surface area contributed by atoms with Crippen LogP contribution in [0.15, 0.2) is 0 Å². The fourth-order valence-electron chi connectivity index (χ4n) is 1.35. The highest BCUT2D eigenvalue weighted by Crippen LogP contribution is 1.88. The Balaban J connectivity index is 3.04. The van der Waals surface area contributed by atoms with Gasteiger partial charge in [-0.25, -0.2) is 0 Å². The summed E-state index contributed by atoms with van der Waals surface area (Å²) in [6.45, 7) is 10.5. The molecular formula is C14H29NO5. The van der Waals surface area contributed by atoms with Gasteiger partial charge in [-0.1, -0.05) is 13.8 Å². The van der Waals surface area contributed by atoms with Gasteiger partial charge < -0.3 is 24.3 Å². The van der Waals surface area contributed by atoms with E-state index in [2.05, 4.69) is 19.2 Å². The molecule has 6 heteroatoms. The first-order chi connectivity index (χ1) is 9.66. The van der Waals surface area contributed by atoms with Crippen LogP contribution in [-0.4, -0.2) is 64.8 Å². The second-order valence-electron chi connectivity index (χ2n) is 4.50. The number of rotatable bonds is 14. The molecule has 0 aliphatic rings. The van der Waals surface area contributed by atoms with Gasteiger partial charge in [0.05, 0.1) is 52.7 Å². The summed E-state index contributed by atoms with van der Waals surface area (Å²) < 4.78 is 20.7. The summed E-state index contributed by atoms with van der Waals surface area (Å²) in [6.07, 6.45) is 0.291. The number of nitrogens with one attached hydrogen (secondary N) is 1. The maximum absolute atomic E-state index is 11.0. The van der Waals surface area contributed by atoms with Gasteiger partial charge in [-0.3, -0.25) is 4.79 Å². The van der Waals surface area contributed by atoms with Crippen LogP contribution in [-0.2, 0) is 23.7 Å². The van der Waals surface area contributed by atoms with E-state index in [1.807, 2.05) is 0 Å². The third kappa shape index (κ3) is 15.4. The number of hydrogen-bond donors (Lipinski definition) is 1. The Kier molecular flexibility index (Phi) is 14.2. The van der Waals surface area contributed by atoms with Gasteiger partial charge in [-0.05, 0) is 6.92 Å². The summed E-state index contributed by atoms with van der Waals surface area (Å²) >= 11 is 0. The number of carbonyl (C=O) groups excluding carboxylic acids is 1. The van der Waals surface area contributed by atoms with Crippen molar-refractivity contribution in [2.75, 3.05) is 52.8 Å². The number of carbonyl (C=O) groups is 1. The molecule has 0 fully saturated rings. The highest BCUT2D eigenvalue weighted by atomic mass is 16.5. The Morgan fingerprint density at radius 1 is 0.950 bits per heavy atom. The summed E-state index contributed by atoms with van der Waals surface area (Å²) in [5.74, 6) is -0.225. The number of hydrogen-bond acceptors (Lipinski definition) is 6. The lowest BCUT2D eigenvalue weighted by Gasteiger charge is -2.09. The molecular weight excluding hydrogens is 262 g/mol. The minimum atomic E-state index is -0.225. The first kappa shape index (κ1) is 19.3. The van der Waals surface area contributed by atoms with Crippen LogP contribution in [0.4, 0.5) is 0 Å². The SMILES string of the molecule is CCOC(=O)CCOCCOCCOCCNC(C)C. The predicted octanol–water partition coefficient (Wildman–Crippen LogP) is 0.987. The van der Waals surface area contributed by atoms with Crippen molar-refractivity contribution in [3.63, 3.8) is 0 Å². The molecule has 0 radical (unpaired) electrons. The Bertz CT molecular complexity index is 224. The van der Waals surface area contributed by atoms with Gasteiger partial charge >= 0.3 is 5.97 Å². The molecule has 0 bridgehead atoms. The van der Waals surface area contributed by atoms with Crippen molar-refractivity contribution < 1.29 is 23.7 Å². The zero-order chi connectivity index (χ0) is 15.1. The first-order valence-corrected chi connectivity index (χ1v) is 7.29. The van der Waals surface area contributed by atoms with E-state index in [1.54, 1.807) is 6.92 Å². The maximum atomic E-state index is 11.0. The van der Waals surface area contributed by atoms with Crippen molar-refractivity contribution in [3.05, 3.63) is 0 Å². The molecule has 120 valence electrons. The van der Waals surface area contributed by atoms with Crippen molar-refractivity contribution in [3.8, 4) is 0 Å². The largest absolute Gasteiger partial charge is 0.466 e. The number of ether oxygens (including phenoxy) is 4. The van der Waals surface area contributed by atoms with Crippen molar-refractivity contribution in [2.45, 2.75) is 33.2 Å². The molecule has 1 N–H and O–H groups in total. The van der Waals surface area contributed by atoms with Gasteiger partial charge in [-0.2, -0.15) is 0 Å². The standard InChI is InChI=1S/C14H29NO5/c1-4-20-14(16)5-7-17-9-11-19-12-10-18-8-6-15-13(2)3/h13,15H,4-12H2,1-3H3. The molecule has 20 heavy (non-hydrogen) atoms. The van der Waals surface area contributed by atoms with Gasteiger partial charge in [0, 0.05) is 12.6 Å². The third-order valence-corrected chi connectivity index (χ3v) is 2.30. The Morgan fingerprint density at radius 2 is 1.50 bits per heavy atom. The third-order valence-electron chi connectivity index (χ3n) is 2.30. The van der Waals surface area contributed by atoms with Crippen molar-refractivity contribution in [1.82, 2.24) is 5.32 Å². The highest BCUT2D eigenvalue weighted by Gasteiger charge is 2.00. The van der Waals surface area contributed by atoms with E-state index in [-0.39, 0.29) is 5.97 Å². The van der Waals surface area contributed by atoms with E-state index in [9.17, 15) is 4.79 Å². The van der Waals surface area contributed by atoms with Crippen molar-refractivity contribution >= 4 is 5.97 Å². The van der Waals surface area contributed by atoms with Crippen LogP contribution in [0.1, 0.15) is 27.2 Å². The molecule has 0 rings (SSSR count). The molecule has 0 aliphatic carbocycles. The van der Waals surface area contributed by atoms with Crippen LogP contribution in [0.2, 0.25) is 0 Å². The summed E-state index contributed by atoms with van der Waals surface area (Å²) in [5.41, 5.74) is 0.